The summed E-state index contributed by atoms with van der Waals surface area (Å²) in [5.74, 6) is 0.722. The molecule has 3 heterocycles. The predicted octanol–water partition coefficient (Wildman–Crippen LogP) is 5.80. The van der Waals surface area contributed by atoms with Gasteiger partial charge in [0, 0.05) is 35.3 Å². The monoisotopic (exact) mass is 569 g/mol. The molecule has 1 atom stereocenters. The van der Waals surface area contributed by atoms with E-state index in [4.69, 9.17) is 4.99 Å². The van der Waals surface area contributed by atoms with Crippen molar-refractivity contribution in [1.82, 2.24) is 9.88 Å². The van der Waals surface area contributed by atoms with Crippen molar-refractivity contribution in [3.05, 3.63) is 108 Å². The van der Waals surface area contributed by atoms with Gasteiger partial charge in [0.15, 0.2) is 5.17 Å². The van der Waals surface area contributed by atoms with Gasteiger partial charge in [-0.05, 0) is 55.3 Å². The van der Waals surface area contributed by atoms with E-state index in [1.165, 1.54) is 0 Å². The maximum atomic E-state index is 13.7. The number of thioether (sulfide) groups is 1. The number of amides is 1. The van der Waals surface area contributed by atoms with Gasteiger partial charge < -0.3 is 10.2 Å². The standard InChI is InChI=1S/C30H27N5O3S2/c1-20-26(29(36)33-23-12-3-2-4-13-23)28(35-17-8-18-39-30(35)32-20)22-10-5-14-24(19-22)34-40(37,38)25-15-6-9-21-11-7-16-31-27(21)25/h2-7,9-16,19,28,34H,8,17-18H2,1H3,(H,33,36). The van der Waals surface area contributed by atoms with E-state index >= 15 is 0 Å². The minimum Gasteiger partial charge on any atom is -0.340 e. The normalized spacial score (nSPS) is 17.3. The van der Waals surface area contributed by atoms with Crippen LogP contribution in [0.4, 0.5) is 11.4 Å². The molecule has 4 aromatic rings. The second-order valence-electron chi connectivity index (χ2n) is 9.57. The van der Waals surface area contributed by atoms with Gasteiger partial charge in [-0.2, -0.15) is 0 Å². The number of fused-ring (bicyclic) bond motifs is 2. The molecular weight excluding hydrogens is 542 g/mol. The molecule has 0 saturated carbocycles. The molecule has 1 amide bonds. The van der Waals surface area contributed by atoms with Crippen molar-refractivity contribution in [3.8, 4) is 0 Å². The maximum absolute atomic E-state index is 13.7. The van der Waals surface area contributed by atoms with Crippen LogP contribution in [0.15, 0.2) is 112 Å². The van der Waals surface area contributed by atoms with Crippen LogP contribution in [-0.2, 0) is 14.8 Å². The van der Waals surface area contributed by atoms with Crippen LogP contribution >= 0.6 is 11.8 Å². The summed E-state index contributed by atoms with van der Waals surface area (Å²) in [5.41, 5.74) is 3.48. The zero-order chi connectivity index (χ0) is 27.7. The minimum atomic E-state index is -3.94. The number of pyridine rings is 1. The van der Waals surface area contributed by atoms with Gasteiger partial charge in [-0.3, -0.25) is 14.5 Å². The number of carbonyl (C=O) groups excluding carboxylic acids is 1. The Hall–Kier alpha value is -4.15. The van der Waals surface area contributed by atoms with Crippen LogP contribution in [0.5, 0.6) is 0 Å². The number of hydrogen-bond acceptors (Lipinski definition) is 7. The van der Waals surface area contributed by atoms with Crippen LogP contribution in [0.2, 0.25) is 0 Å². The number of nitrogens with one attached hydrogen (secondary N) is 2. The lowest BCUT2D eigenvalue weighted by Crippen LogP contribution is -2.43. The maximum Gasteiger partial charge on any atom is 0.264 e. The molecule has 0 aliphatic carbocycles. The molecule has 10 heteroatoms. The summed E-state index contributed by atoms with van der Waals surface area (Å²) in [6, 6.07) is 24.8. The number of benzene rings is 3. The van der Waals surface area contributed by atoms with Crippen molar-refractivity contribution < 1.29 is 13.2 Å². The van der Waals surface area contributed by atoms with Crippen LogP contribution in [0.1, 0.15) is 24.9 Å². The van der Waals surface area contributed by atoms with E-state index < -0.39 is 16.1 Å². The molecule has 0 radical (unpaired) electrons. The number of hydrogen-bond donors (Lipinski definition) is 2. The van der Waals surface area contributed by atoms with Crippen molar-refractivity contribution in [1.29, 1.82) is 0 Å². The lowest BCUT2D eigenvalue weighted by molar-refractivity contribution is -0.113. The zero-order valence-electron chi connectivity index (χ0n) is 21.7. The van der Waals surface area contributed by atoms with Gasteiger partial charge in [-0.1, -0.05) is 60.3 Å². The smallest absolute Gasteiger partial charge is 0.264 e. The first-order valence-corrected chi connectivity index (χ1v) is 15.4. The van der Waals surface area contributed by atoms with E-state index in [0.717, 1.165) is 34.8 Å². The lowest BCUT2D eigenvalue weighted by atomic mass is 9.93. The number of amidine groups is 1. The van der Waals surface area contributed by atoms with Gasteiger partial charge in [-0.15, -0.1) is 0 Å². The van der Waals surface area contributed by atoms with Crippen molar-refractivity contribution in [2.45, 2.75) is 24.3 Å². The molecule has 3 aromatic carbocycles. The largest absolute Gasteiger partial charge is 0.340 e. The molecule has 6 rings (SSSR count). The molecule has 2 aliphatic heterocycles. The average molecular weight is 570 g/mol. The minimum absolute atomic E-state index is 0.106. The molecule has 1 aromatic heterocycles. The lowest BCUT2D eigenvalue weighted by Gasteiger charge is -2.41. The number of para-hydroxylation sites is 2. The third-order valence-corrected chi connectivity index (χ3v) is 9.36. The first kappa shape index (κ1) is 26.1. The number of aliphatic imine (C=N–C) groups is 1. The van der Waals surface area contributed by atoms with Crippen LogP contribution < -0.4 is 10.0 Å². The first-order chi connectivity index (χ1) is 19.4. The topological polar surface area (TPSA) is 104 Å². The molecule has 202 valence electrons. The van der Waals surface area contributed by atoms with Gasteiger partial charge >= 0.3 is 0 Å². The number of allylic oxidation sites excluding steroid dienone is 1. The predicted molar refractivity (Wildman–Crippen MR) is 161 cm³/mol. The molecule has 2 aliphatic rings. The Bertz CT molecular complexity index is 1770. The molecule has 1 unspecified atom stereocenters. The van der Waals surface area contributed by atoms with Crippen LogP contribution in [0.25, 0.3) is 10.9 Å². The number of nitrogens with zero attached hydrogens (tertiary/aromatic N) is 3. The van der Waals surface area contributed by atoms with E-state index in [1.54, 1.807) is 54.4 Å². The summed E-state index contributed by atoms with van der Waals surface area (Å²) in [4.78, 5) is 25.0. The number of rotatable bonds is 6. The average Bonchev–Trinajstić information content (AvgIpc) is 2.96. The summed E-state index contributed by atoms with van der Waals surface area (Å²) in [6.45, 7) is 2.59. The number of aromatic nitrogens is 1. The molecular formula is C30H27N5O3S2. The number of anilines is 2. The highest BCUT2D eigenvalue weighted by Crippen LogP contribution is 2.40. The molecule has 0 bridgehead atoms. The summed E-state index contributed by atoms with van der Waals surface area (Å²) < 4.78 is 29.7. The van der Waals surface area contributed by atoms with Crippen molar-refractivity contribution >= 4 is 55.1 Å². The van der Waals surface area contributed by atoms with E-state index in [0.29, 0.717) is 28.2 Å². The Kier molecular flexibility index (Phi) is 7.03. The molecule has 8 nitrogen and oxygen atoms in total. The van der Waals surface area contributed by atoms with Gasteiger partial charge in [0.2, 0.25) is 0 Å². The molecule has 0 spiro atoms. The van der Waals surface area contributed by atoms with Gasteiger partial charge in [0.1, 0.15) is 4.90 Å². The zero-order valence-corrected chi connectivity index (χ0v) is 23.4. The quantitative estimate of drug-likeness (QED) is 0.304. The Morgan fingerprint density at radius 2 is 1.75 bits per heavy atom. The number of carbonyl (C=O) groups is 1. The van der Waals surface area contributed by atoms with Crippen molar-refractivity contribution in [3.63, 3.8) is 0 Å². The molecule has 1 saturated heterocycles. The van der Waals surface area contributed by atoms with Crippen molar-refractivity contribution in [2.24, 2.45) is 4.99 Å². The Balaban J connectivity index is 1.37. The van der Waals surface area contributed by atoms with E-state index in [-0.39, 0.29) is 10.8 Å². The fourth-order valence-corrected chi connectivity index (χ4v) is 7.35. The molecule has 1 fully saturated rings. The fraction of sp³-hybridized carbons (Fsp3) is 0.167. The second kappa shape index (κ2) is 10.8. The van der Waals surface area contributed by atoms with E-state index in [9.17, 15) is 13.2 Å². The van der Waals surface area contributed by atoms with Crippen molar-refractivity contribution in [2.75, 3.05) is 22.3 Å². The van der Waals surface area contributed by atoms with Gasteiger partial charge in [0.25, 0.3) is 15.9 Å². The van der Waals surface area contributed by atoms with Gasteiger partial charge in [-0.25, -0.2) is 13.4 Å². The number of sulfonamides is 1. The van der Waals surface area contributed by atoms with Crippen LogP contribution in [-0.4, -0.2) is 41.7 Å². The Labute approximate surface area is 237 Å². The third kappa shape index (κ3) is 5.07. The highest BCUT2D eigenvalue weighted by Gasteiger charge is 2.37. The van der Waals surface area contributed by atoms with Gasteiger partial charge in [0.05, 0.1) is 22.8 Å². The summed E-state index contributed by atoms with van der Waals surface area (Å²) >= 11 is 1.67. The fourth-order valence-electron chi connectivity index (χ4n) is 5.10. The Morgan fingerprint density at radius 3 is 2.60 bits per heavy atom. The third-order valence-electron chi connectivity index (χ3n) is 6.87. The van der Waals surface area contributed by atoms with Crippen LogP contribution in [0.3, 0.4) is 0 Å². The summed E-state index contributed by atoms with van der Waals surface area (Å²) in [5, 5.41) is 4.62. The van der Waals surface area contributed by atoms with E-state index in [2.05, 4.69) is 19.9 Å². The summed E-state index contributed by atoms with van der Waals surface area (Å²) in [6.07, 6.45) is 2.53. The second-order valence-corrected chi connectivity index (χ2v) is 12.3. The Morgan fingerprint density at radius 1 is 0.975 bits per heavy atom. The van der Waals surface area contributed by atoms with Crippen LogP contribution in [0, 0.1) is 0 Å². The highest BCUT2D eigenvalue weighted by molar-refractivity contribution is 8.13. The summed E-state index contributed by atoms with van der Waals surface area (Å²) in [7, 11) is -3.94. The SMILES string of the molecule is CC1=C(C(=O)Nc2ccccc2)C(c2cccc(NS(=O)(=O)c3cccc4cccnc34)c2)N2CCCSC2=N1. The molecule has 2 N–H and O–H groups in total. The highest BCUT2D eigenvalue weighted by atomic mass is 32.2. The molecule has 40 heavy (non-hydrogen) atoms. The van der Waals surface area contributed by atoms with E-state index in [1.807, 2.05) is 55.5 Å². The first-order valence-electron chi connectivity index (χ1n) is 12.9.